The molecule has 1 amide bonds. The van der Waals surface area contributed by atoms with Gasteiger partial charge in [0, 0.05) is 4.88 Å². The van der Waals surface area contributed by atoms with E-state index in [1.165, 1.54) is 23.9 Å². The first-order valence-electron chi connectivity index (χ1n) is 5.78. The summed E-state index contributed by atoms with van der Waals surface area (Å²) >= 11 is 3.05. The van der Waals surface area contributed by atoms with Gasteiger partial charge in [0.1, 0.15) is 5.82 Å². The molecule has 0 aliphatic carbocycles. The zero-order chi connectivity index (χ0) is 13.7. The van der Waals surface area contributed by atoms with Crippen molar-refractivity contribution in [3.8, 4) is 0 Å². The molecule has 19 heavy (non-hydrogen) atoms. The predicted octanol–water partition coefficient (Wildman–Crippen LogP) is 3.46. The third kappa shape index (κ3) is 3.81. The lowest BCUT2D eigenvalue weighted by molar-refractivity contribution is -0.119. The van der Waals surface area contributed by atoms with Crippen molar-refractivity contribution >= 4 is 29.0 Å². The minimum atomic E-state index is -0.274. The summed E-state index contributed by atoms with van der Waals surface area (Å²) < 4.78 is 13.0. The summed E-state index contributed by atoms with van der Waals surface area (Å²) in [6, 6.07) is 9.95. The Morgan fingerprint density at radius 3 is 2.68 bits per heavy atom. The number of hydrogen-bond acceptors (Lipinski definition) is 3. The molecule has 100 valence electrons. The van der Waals surface area contributed by atoms with Crippen molar-refractivity contribution in [1.82, 2.24) is 5.32 Å². The molecule has 0 fully saturated rings. The molecule has 1 unspecified atom stereocenters. The predicted molar refractivity (Wildman–Crippen MR) is 79.1 cm³/mol. The van der Waals surface area contributed by atoms with Crippen LogP contribution in [0.2, 0.25) is 0 Å². The van der Waals surface area contributed by atoms with Crippen molar-refractivity contribution in [2.24, 2.45) is 0 Å². The van der Waals surface area contributed by atoms with Crippen molar-refractivity contribution < 1.29 is 9.18 Å². The van der Waals surface area contributed by atoms with Crippen molar-refractivity contribution in [2.75, 3.05) is 12.0 Å². The molecule has 0 bridgehead atoms. The van der Waals surface area contributed by atoms with Crippen LogP contribution in [0.3, 0.4) is 0 Å². The fraction of sp³-hybridized carbons (Fsp3) is 0.214. The average molecular weight is 295 g/mol. The van der Waals surface area contributed by atoms with Gasteiger partial charge < -0.3 is 5.32 Å². The monoisotopic (exact) mass is 295 g/mol. The largest absolute Gasteiger partial charge is 0.344 e. The lowest BCUT2D eigenvalue weighted by Crippen LogP contribution is -2.30. The molecular formula is C14H14FNOS2. The van der Waals surface area contributed by atoms with Crippen LogP contribution in [0.4, 0.5) is 4.39 Å². The molecule has 0 radical (unpaired) electrons. The third-order valence-electron chi connectivity index (χ3n) is 2.61. The van der Waals surface area contributed by atoms with Crippen LogP contribution in [0.25, 0.3) is 0 Å². The van der Waals surface area contributed by atoms with Gasteiger partial charge in [0.15, 0.2) is 0 Å². The van der Waals surface area contributed by atoms with Gasteiger partial charge in [-0.2, -0.15) is 11.8 Å². The highest BCUT2D eigenvalue weighted by Gasteiger charge is 2.17. The molecular weight excluding hydrogens is 281 g/mol. The maximum absolute atomic E-state index is 13.0. The van der Waals surface area contributed by atoms with Gasteiger partial charge in [0.05, 0.1) is 11.8 Å². The molecule has 2 rings (SSSR count). The Balaban J connectivity index is 2.24. The van der Waals surface area contributed by atoms with Crippen molar-refractivity contribution in [2.45, 2.75) is 6.04 Å². The lowest BCUT2D eigenvalue weighted by Gasteiger charge is -2.17. The number of rotatable bonds is 5. The average Bonchev–Trinajstić information content (AvgIpc) is 2.91. The third-order valence-corrected chi connectivity index (χ3v) is 4.10. The van der Waals surface area contributed by atoms with E-state index in [0.29, 0.717) is 5.75 Å². The first kappa shape index (κ1) is 14.1. The van der Waals surface area contributed by atoms with Crippen LogP contribution in [0.5, 0.6) is 0 Å². The van der Waals surface area contributed by atoms with Crippen molar-refractivity contribution in [1.29, 1.82) is 0 Å². The number of halogens is 1. The fourth-order valence-corrected chi connectivity index (χ4v) is 2.91. The number of benzene rings is 1. The van der Waals surface area contributed by atoms with Gasteiger partial charge in [-0.05, 0) is 35.4 Å². The van der Waals surface area contributed by atoms with E-state index in [4.69, 9.17) is 0 Å². The van der Waals surface area contributed by atoms with E-state index in [-0.39, 0.29) is 17.8 Å². The van der Waals surface area contributed by atoms with Gasteiger partial charge >= 0.3 is 0 Å². The van der Waals surface area contributed by atoms with E-state index in [1.54, 1.807) is 23.5 Å². The quantitative estimate of drug-likeness (QED) is 0.915. The molecule has 1 N–H and O–H groups in total. The molecule has 2 aromatic rings. The summed E-state index contributed by atoms with van der Waals surface area (Å²) in [7, 11) is 0. The van der Waals surface area contributed by atoms with E-state index in [1.807, 2.05) is 23.8 Å². The fourth-order valence-electron chi connectivity index (χ4n) is 1.76. The molecule has 1 aromatic heterocycles. The van der Waals surface area contributed by atoms with Crippen LogP contribution in [-0.2, 0) is 4.79 Å². The molecule has 0 aliphatic heterocycles. The number of nitrogens with one attached hydrogen (secondary N) is 1. The van der Waals surface area contributed by atoms with Crippen LogP contribution in [0.1, 0.15) is 16.5 Å². The zero-order valence-corrected chi connectivity index (χ0v) is 12.1. The molecule has 1 heterocycles. The standard InChI is InChI=1S/C14H14FNOS2/c1-18-9-13(17)16-14(12-3-2-8-19-12)10-4-6-11(15)7-5-10/h2-8,14H,9H2,1H3,(H,16,17). The first-order valence-corrected chi connectivity index (χ1v) is 8.05. The first-order chi connectivity index (χ1) is 9.20. The van der Waals surface area contributed by atoms with Crippen LogP contribution in [-0.4, -0.2) is 17.9 Å². The Kier molecular flexibility index (Phi) is 4.99. The summed E-state index contributed by atoms with van der Waals surface area (Å²) in [6.45, 7) is 0. The number of amides is 1. The molecule has 0 aliphatic rings. The minimum absolute atomic E-state index is 0.0183. The van der Waals surface area contributed by atoms with Crippen LogP contribution < -0.4 is 5.32 Å². The minimum Gasteiger partial charge on any atom is -0.344 e. The Hall–Kier alpha value is -1.33. The topological polar surface area (TPSA) is 29.1 Å². The summed E-state index contributed by atoms with van der Waals surface area (Å²) in [5.41, 5.74) is 0.887. The van der Waals surface area contributed by atoms with Gasteiger partial charge in [0.2, 0.25) is 5.91 Å². The van der Waals surface area contributed by atoms with E-state index >= 15 is 0 Å². The highest BCUT2D eigenvalue weighted by atomic mass is 32.2. The van der Waals surface area contributed by atoms with Crippen LogP contribution in [0, 0.1) is 5.82 Å². The lowest BCUT2D eigenvalue weighted by atomic mass is 10.1. The number of carbonyl (C=O) groups is 1. The van der Waals surface area contributed by atoms with E-state index in [2.05, 4.69) is 5.32 Å². The normalized spacial score (nSPS) is 12.1. The smallest absolute Gasteiger partial charge is 0.230 e. The Labute approximate surface area is 120 Å². The second kappa shape index (κ2) is 6.73. The molecule has 1 atom stereocenters. The SMILES string of the molecule is CSCC(=O)NC(c1ccc(F)cc1)c1cccs1. The van der Waals surface area contributed by atoms with Gasteiger partial charge in [-0.25, -0.2) is 4.39 Å². The second-order valence-corrected chi connectivity index (χ2v) is 5.85. The molecule has 2 nitrogen and oxygen atoms in total. The summed E-state index contributed by atoms with van der Waals surface area (Å²) in [5.74, 6) is 0.127. The van der Waals surface area contributed by atoms with Gasteiger partial charge in [-0.1, -0.05) is 18.2 Å². The second-order valence-electron chi connectivity index (χ2n) is 4.00. The van der Waals surface area contributed by atoms with Crippen molar-refractivity contribution in [3.05, 3.63) is 58.0 Å². The molecule has 1 aromatic carbocycles. The highest BCUT2D eigenvalue weighted by molar-refractivity contribution is 7.99. The Morgan fingerprint density at radius 2 is 2.11 bits per heavy atom. The number of thiophene rings is 1. The summed E-state index contributed by atoms with van der Waals surface area (Å²) in [6.07, 6.45) is 1.89. The molecule has 0 saturated heterocycles. The zero-order valence-electron chi connectivity index (χ0n) is 10.4. The summed E-state index contributed by atoms with van der Waals surface area (Å²) in [4.78, 5) is 12.8. The maximum atomic E-state index is 13.0. The number of hydrogen-bond donors (Lipinski definition) is 1. The number of carbonyl (C=O) groups excluding carboxylic acids is 1. The van der Waals surface area contributed by atoms with Crippen LogP contribution in [0.15, 0.2) is 41.8 Å². The highest BCUT2D eigenvalue weighted by Crippen LogP contribution is 2.26. The van der Waals surface area contributed by atoms with Crippen molar-refractivity contribution in [3.63, 3.8) is 0 Å². The van der Waals surface area contributed by atoms with E-state index in [0.717, 1.165) is 10.4 Å². The maximum Gasteiger partial charge on any atom is 0.230 e. The van der Waals surface area contributed by atoms with Gasteiger partial charge in [-0.15, -0.1) is 11.3 Å². The number of thioether (sulfide) groups is 1. The Bertz CT molecular complexity index is 525. The Morgan fingerprint density at radius 1 is 1.37 bits per heavy atom. The van der Waals surface area contributed by atoms with E-state index in [9.17, 15) is 9.18 Å². The molecule has 0 spiro atoms. The van der Waals surface area contributed by atoms with E-state index < -0.39 is 0 Å². The molecule has 5 heteroatoms. The summed E-state index contributed by atoms with van der Waals surface area (Å²) in [5, 5.41) is 4.95. The van der Waals surface area contributed by atoms with Gasteiger partial charge in [-0.3, -0.25) is 4.79 Å². The molecule has 0 saturated carbocycles. The van der Waals surface area contributed by atoms with Gasteiger partial charge in [0.25, 0.3) is 0 Å². The van der Waals surface area contributed by atoms with Crippen LogP contribution >= 0.6 is 23.1 Å².